The minimum Gasteiger partial charge on any atom is -0.352 e. The van der Waals surface area contributed by atoms with Crippen LogP contribution in [0.3, 0.4) is 0 Å². The van der Waals surface area contributed by atoms with Gasteiger partial charge in [0.15, 0.2) is 0 Å². The van der Waals surface area contributed by atoms with Crippen LogP contribution < -0.4 is 5.32 Å². The Kier molecular flexibility index (Phi) is 4.65. The lowest BCUT2D eigenvalue weighted by atomic mass is 10.1. The summed E-state index contributed by atoms with van der Waals surface area (Å²) in [6.07, 6.45) is 1.08. The van der Waals surface area contributed by atoms with Gasteiger partial charge in [0.2, 0.25) is 5.91 Å². The van der Waals surface area contributed by atoms with Crippen molar-refractivity contribution in [1.82, 2.24) is 10.3 Å². The first-order valence-electron chi connectivity index (χ1n) is 7.35. The number of hydrogen-bond donors (Lipinski definition) is 1. The van der Waals surface area contributed by atoms with Crippen LogP contribution in [-0.2, 0) is 17.8 Å². The molecule has 0 aliphatic rings. The van der Waals surface area contributed by atoms with Gasteiger partial charge in [-0.15, -0.1) is 11.3 Å². The van der Waals surface area contributed by atoms with Gasteiger partial charge in [0.25, 0.3) is 0 Å². The van der Waals surface area contributed by atoms with Crippen LogP contribution in [0.2, 0.25) is 0 Å². The summed E-state index contributed by atoms with van der Waals surface area (Å²) in [6, 6.07) is 17.3. The van der Waals surface area contributed by atoms with E-state index < -0.39 is 0 Å². The van der Waals surface area contributed by atoms with Gasteiger partial charge in [0, 0.05) is 19.4 Å². The van der Waals surface area contributed by atoms with E-state index in [-0.39, 0.29) is 5.91 Å². The lowest BCUT2D eigenvalue weighted by molar-refractivity contribution is -0.121. The molecule has 5 heteroatoms. The lowest BCUT2D eigenvalue weighted by Crippen LogP contribution is -2.22. The maximum Gasteiger partial charge on any atom is 0.220 e. The summed E-state index contributed by atoms with van der Waals surface area (Å²) in [6.45, 7) is 0.477. The van der Waals surface area contributed by atoms with Crippen LogP contribution in [0.25, 0.3) is 10.2 Å². The Labute approximate surface area is 138 Å². The zero-order valence-corrected chi connectivity index (χ0v) is 13.3. The van der Waals surface area contributed by atoms with Gasteiger partial charge in [-0.3, -0.25) is 4.79 Å². The highest BCUT2D eigenvalue weighted by atomic mass is 32.1. The average Bonchev–Trinajstić information content (AvgIpc) is 3.01. The number of rotatable bonds is 5. The average molecular weight is 321 g/mol. The van der Waals surface area contributed by atoms with Crippen LogP contribution in [0, 0.1) is 11.3 Å². The van der Waals surface area contributed by atoms with Gasteiger partial charge in [-0.05, 0) is 29.8 Å². The SMILES string of the molecule is N#Cc1ccc(CNC(=O)CCc2nc3ccccc3s2)cc1. The highest BCUT2D eigenvalue weighted by Crippen LogP contribution is 2.22. The maximum atomic E-state index is 11.9. The van der Waals surface area contributed by atoms with Crippen molar-refractivity contribution in [1.29, 1.82) is 5.26 Å². The van der Waals surface area contributed by atoms with E-state index in [4.69, 9.17) is 5.26 Å². The zero-order valence-electron chi connectivity index (χ0n) is 12.5. The normalized spacial score (nSPS) is 10.4. The molecule has 0 radical (unpaired) electrons. The molecule has 1 aromatic heterocycles. The van der Waals surface area contributed by atoms with Gasteiger partial charge >= 0.3 is 0 Å². The van der Waals surface area contributed by atoms with Crippen LogP contribution in [0.1, 0.15) is 22.6 Å². The summed E-state index contributed by atoms with van der Waals surface area (Å²) < 4.78 is 1.15. The fourth-order valence-corrected chi connectivity index (χ4v) is 3.20. The minimum absolute atomic E-state index is 0.00798. The van der Waals surface area contributed by atoms with E-state index >= 15 is 0 Å². The second-order valence-electron chi connectivity index (χ2n) is 5.16. The number of nitriles is 1. The Morgan fingerprint density at radius 1 is 1.17 bits per heavy atom. The molecule has 1 N–H and O–H groups in total. The molecule has 3 aromatic rings. The molecule has 0 unspecified atom stereocenters. The number of aryl methyl sites for hydroxylation is 1. The predicted octanol–water partition coefficient (Wildman–Crippen LogP) is 3.42. The first-order valence-corrected chi connectivity index (χ1v) is 8.16. The summed E-state index contributed by atoms with van der Waals surface area (Å²) in [4.78, 5) is 16.5. The summed E-state index contributed by atoms with van der Waals surface area (Å²) in [5.41, 5.74) is 2.60. The molecule has 0 bridgehead atoms. The molecule has 0 atom stereocenters. The Bertz CT molecular complexity index is 829. The molecule has 0 saturated carbocycles. The molecule has 2 aromatic carbocycles. The number of thiazole rings is 1. The van der Waals surface area contributed by atoms with Gasteiger partial charge in [0.05, 0.1) is 26.9 Å². The lowest BCUT2D eigenvalue weighted by Gasteiger charge is -2.04. The number of aromatic nitrogens is 1. The number of amides is 1. The number of para-hydroxylation sites is 1. The number of carbonyl (C=O) groups is 1. The topological polar surface area (TPSA) is 65.8 Å². The molecule has 0 aliphatic heterocycles. The zero-order chi connectivity index (χ0) is 16.1. The highest BCUT2D eigenvalue weighted by molar-refractivity contribution is 7.18. The molecule has 114 valence electrons. The largest absolute Gasteiger partial charge is 0.352 e. The van der Waals surface area contributed by atoms with Gasteiger partial charge < -0.3 is 5.32 Å². The Morgan fingerprint density at radius 2 is 1.96 bits per heavy atom. The summed E-state index contributed by atoms with van der Waals surface area (Å²) in [5.74, 6) is 0.00798. The van der Waals surface area contributed by atoms with Crippen LogP contribution in [-0.4, -0.2) is 10.9 Å². The number of carbonyl (C=O) groups excluding carboxylic acids is 1. The van der Waals surface area contributed by atoms with Crippen molar-refractivity contribution in [3.8, 4) is 6.07 Å². The first-order chi connectivity index (χ1) is 11.2. The van der Waals surface area contributed by atoms with E-state index in [1.165, 1.54) is 0 Å². The van der Waals surface area contributed by atoms with Crippen LogP contribution in [0.4, 0.5) is 0 Å². The number of nitrogens with one attached hydrogen (secondary N) is 1. The van der Waals surface area contributed by atoms with Gasteiger partial charge in [0.1, 0.15) is 0 Å². The molecule has 0 aliphatic carbocycles. The van der Waals surface area contributed by atoms with E-state index in [2.05, 4.69) is 16.4 Å². The van der Waals surface area contributed by atoms with E-state index in [0.717, 1.165) is 20.8 Å². The smallest absolute Gasteiger partial charge is 0.220 e. The monoisotopic (exact) mass is 321 g/mol. The molecule has 3 rings (SSSR count). The van der Waals surface area contributed by atoms with Crippen LogP contribution in [0.15, 0.2) is 48.5 Å². The third-order valence-corrected chi connectivity index (χ3v) is 4.57. The van der Waals surface area contributed by atoms with Gasteiger partial charge in [-0.25, -0.2) is 4.98 Å². The Balaban J connectivity index is 1.50. The highest BCUT2D eigenvalue weighted by Gasteiger charge is 2.07. The molecular formula is C18H15N3OS. The van der Waals surface area contributed by atoms with Crippen LogP contribution >= 0.6 is 11.3 Å². The Morgan fingerprint density at radius 3 is 2.70 bits per heavy atom. The fourth-order valence-electron chi connectivity index (χ4n) is 2.23. The number of nitrogens with zero attached hydrogens (tertiary/aromatic N) is 2. The number of fused-ring (bicyclic) bond motifs is 1. The summed E-state index contributed by atoms with van der Waals surface area (Å²) >= 11 is 1.64. The molecule has 0 spiro atoms. The molecule has 1 amide bonds. The van der Waals surface area contributed by atoms with Crippen molar-refractivity contribution in [2.45, 2.75) is 19.4 Å². The number of benzene rings is 2. The van der Waals surface area contributed by atoms with E-state index in [9.17, 15) is 4.79 Å². The van der Waals surface area contributed by atoms with E-state index in [1.54, 1.807) is 23.5 Å². The first kappa shape index (κ1) is 15.2. The van der Waals surface area contributed by atoms with Gasteiger partial charge in [-0.1, -0.05) is 24.3 Å². The molecule has 4 nitrogen and oxygen atoms in total. The predicted molar refractivity (Wildman–Crippen MR) is 90.9 cm³/mol. The Hall–Kier alpha value is -2.71. The van der Waals surface area contributed by atoms with E-state index in [1.807, 2.05) is 36.4 Å². The molecule has 0 saturated heterocycles. The minimum atomic E-state index is 0.00798. The van der Waals surface area contributed by atoms with Crippen molar-refractivity contribution < 1.29 is 4.79 Å². The summed E-state index contributed by atoms with van der Waals surface area (Å²) in [7, 11) is 0. The molecule has 23 heavy (non-hydrogen) atoms. The van der Waals surface area contributed by atoms with Crippen molar-refractivity contribution in [3.05, 3.63) is 64.7 Å². The van der Waals surface area contributed by atoms with Crippen LogP contribution in [0.5, 0.6) is 0 Å². The van der Waals surface area contributed by atoms with Crippen molar-refractivity contribution >= 4 is 27.5 Å². The van der Waals surface area contributed by atoms with Crippen molar-refractivity contribution in [2.24, 2.45) is 0 Å². The number of hydrogen-bond acceptors (Lipinski definition) is 4. The maximum absolute atomic E-state index is 11.9. The standard InChI is InChI=1S/C18H15N3OS/c19-11-13-5-7-14(8-6-13)12-20-17(22)9-10-18-21-15-3-1-2-4-16(15)23-18/h1-8H,9-10,12H2,(H,20,22). The van der Waals surface area contributed by atoms with E-state index in [0.29, 0.717) is 24.9 Å². The van der Waals surface area contributed by atoms with Crippen molar-refractivity contribution in [2.75, 3.05) is 0 Å². The van der Waals surface area contributed by atoms with Crippen molar-refractivity contribution in [3.63, 3.8) is 0 Å². The third-order valence-electron chi connectivity index (χ3n) is 3.48. The fraction of sp³-hybridized carbons (Fsp3) is 0.167. The molecule has 1 heterocycles. The third kappa shape index (κ3) is 3.93. The second kappa shape index (κ2) is 7.03. The second-order valence-corrected chi connectivity index (χ2v) is 6.28. The molecular weight excluding hydrogens is 306 g/mol. The quantitative estimate of drug-likeness (QED) is 0.783. The summed E-state index contributed by atoms with van der Waals surface area (Å²) in [5, 5.41) is 12.6. The van der Waals surface area contributed by atoms with Gasteiger partial charge in [-0.2, -0.15) is 5.26 Å². The molecule has 0 fully saturated rings.